The van der Waals surface area contributed by atoms with Crippen molar-refractivity contribution in [1.29, 1.82) is 0 Å². The molecule has 1 aromatic rings. The molecule has 0 saturated carbocycles. The summed E-state index contributed by atoms with van der Waals surface area (Å²) in [6.07, 6.45) is 2.69. The number of hydrogen-bond donors (Lipinski definition) is 2. The Morgan fingerprint density at radius 3 is 2.67 bits per heavy atom. The van der Waals surface area contributed by atoms with Gasteiger partial charge in [-0.1, -0.05) is 6.92 Å². The Bertz CT molecular complexity index is 547. The summed E-state index contributed by atoms with van der Waals surface area (Å²) in [4.78, 5) is 30.8. The highest BCUT2D eigenvalue weighted by Gasteiger charge is 2.33. The van der Waals surface area contributed by atoms with Crippen molar-refractivity contribution in [2.24, 2.45) is 5.92 Å². The lowest BCUT2D eigenvalue weighted by molar-refractivity contribution is 0.0696. The maximum atomic E-state index is 12.2. The van der Waals surface area contributed by atoms with Gasteiger partial charge in [-0.2, -0.15) is 0 Å². The van der Waals surface area contributed by atoms with Gasteiger partial charge in [-0.3, -0.25) is 4.98 Å². The minimum absolute atomic E-state index is 0.0498. The van der Waals surface area contributed by atoms with Crippen LogP contribution in [-0.4, -0.2) is 65.1 Å². The highest BCUT2D eigenvalue weighted by molar-refractivity contribution is 5.92. The van der Waals surface area contributed by atoms with Gasteiger partial charge in [0.15, 0.2) is 0 Å². The Hall–Kier alpha value is -2.15. The SMILES string of the molecule is CC1CN(C(=O)Nc2cncc(C(=O)O)c2)CC1N(C)C. The molecule has 0 bridgehead atoms. The van der Waals surface area contributed by atoms with Crippen LogP contribution in [0.2, 0.25) is 0 Å². The Kier molecular flexibility index (Phi) is 4.42. The monoisotopic (exact) mass is 292 g/mol. The molecule has 1 aliphatic rings. The molecule has 0 aliphatic carbocycles. The Labute approximate surface area is 123 Å². The molecule has 7 heteroatoms. The number of amides is 2. The topological polar surface area (TPSA) is 85.8 Å². The molecule has 21 heavy (non-hydrogen) atoms. The van der Waals surface area contributed by atoms with Crippen LogP contribution in [0.5, 0.6) is 0 Å². The van der Waals surface area contributed by atoms with Crippen LogP contribution in [-0.2, 0) is 0 Å². The summed E-state index contributed by atoms with van der Waals surface area (Å²) in [6, 6.07) is 1.51. The molecule has 1 aliphatic heterocycles. The summed E-state index contributed by atoms with van der Waals surface area (Å²) in [5.41, 5.74) is 0.439. The zero-order valence-corrected chi connectivity index (χ0v) is 12.4. The summed E-state index contributed by atoms with van der Waals surface area (Å²) >= 11 is 0. The molecule has 2 rings (SSSR count). The molecule has 2 N–H and O–H groups in total. The van der Waals surface area contributed by atoms with Crippen LogP contribution in [0.25, 0.3) is 0 Å². The van der Waals surface area contributed by atoms with Crippen LogP contribution < -0.4 is 5.32 Å². The Morgan fingerprint density at radius 1 is 1.38 bits per heavy atom. The quantitative estimate of drug-likeness (QED) is 0.874. The molecule has 1 saturated heterocycles. The molecule has 0 spiro atoms. The van der Waals surface area contributed by atoms with Crippen LogP contribution in [0.1, 0.15) is 17.3 Å². The first-order valence-corrected chi connectivity index (χ1v) is 6.79. The number of likely N-dealkylation sites (N-methyl/N-ethyl adjacent to an activating group) is 1. The van der Waals surface area contributed by atoms with Crippen LogP contribution >= 0.6 is 0 Å². The summed E-state index contributed by atoms with van der Waals surface area (Å²) in [5, 5.41) is 11.6. The van der Waals surface area contributed by atoms with E-state index in [9.17, 15) is 9.59 Å². The number of pyridine rings is 1. The van der Waals surface area contributed by atoms with Gasteiger partial charge in [0.2, 0.25) is 0 Å². The molecule has 2 atom stereocenters. The van der Waals surface area contributed by atoms with Gasteiger partial charge in [-0.05, 0) is 26.1 Å². The summed E-state index contributed by atoms with van der Waals surface area (Å²) in [6.45, 7) is 3.46. The number of anilines is 1. The molecule has 114 valence electrons. The van der Waals surface area contributed by atoms with E-state index in [0.717, 1.165) is 0 Å². The molecule has 7 nitrogen and oxygen atoms in total. The Morgan fingerprint density at radius 2 is 2.10 bits per heavy atom. The maximum Gasteiger partial charge on any atom is 0.337 e. The zero-order chi connectivity index (χ0) is 15.6. The lowest BCUT2D eigenvalue weighted by atomic mass is 10.1. The number of aromatic carboxylic acids is 1. The van der Waals surface area contributed by atoms with Crippen molar-refractivity contribution in [1.82, 2.24) is 14.8 Å². The second-order valence-electron chi connectivity index (χ2n) is 5.61. The van der Waals surface area contributed by atoms with E-state index in [0.29, 0.717) is 30.7 Å². The number of nitrogens with one attached hydrogen (secondary N) is 1. The first-order valence-electron chi connectivity index (χ1n) is 6.79. The third-order valence-corrected chi connectivity index (χ3v) is 3.76. The van der Waals surface area contributed by atoms with Crippen LogP contribution in [0.15, 0.2) is 18.5 Å². The van der Waals surface area contributed by atoms with E-state index in [1.807, 2.05) is 14.1 Å². The normalized spacial score (nSPS) is 21.6. The highest BCUT2D eigenvalue weighted by Crippen LogP contribution is 2.21. The van der Waals surface area contributed by atoms with Gasteiger partial charge in [0, 0.05) is 25.3 Å². The number of carboxylic acid groups (broad SMARTS) is 1. The Balaban J connectivity index is 2.02. The molecule has 0 aromatic carbocycles. The summed E-state index contributed by atoms with van der Waals surface area (Å²) in [5.74, 6) is -0.671. The van der Waals surface area contributed by atoms with Crippen LogP contribution in [0, 0.1) is 5.92 Å². The van der Waals surface area contributed by atoms with E-state index in [4.69, 9.17) is 5.11 Å². The first-order chi connectivity index (χ1) is 9.88. The van der Waals surface area contributed by atoms with Crippen molar-refractivity contribution in [3.8, 4) is 0 Å². The first kappa shape index (κ1) is 15.2. The second kappa shape index (κ2) is 6.09. The smallest absolute Gasteiger partial charge is 0.337 e. The van der Waals surface area contributed by atoms with Gasteiger partial charge >= 0.3 is 12.0 Å². The van der Waals surface area contributed by atoms with Crippen molar-refractivity contribution in [3.63, 3.8) is 0 Å². The summed E-state index contributed by atoms with van der Waals surface area (Å²) in [7, 11) is 4.01. The lowest BCUT2D eigenvalue weighted by Gasteiger charge is -2.22. The zero-order valence-electron chi connectivity index (χ0n) is 12.4. The molecule has 2 amide bonds. The molecule has 0 radical (unpaired) electrons. The predicted octanol–water partition coefficient (Wildman–Crippen LogP) is 1.19. The van der Waals surface area contributed by atoms with E-state index in [-0.39, 0.29) is 11.6 Å². The van der Waals surface area contributed by atoms with E-state index in [1.54, 1.807) is 4.90 Å². The molecular weight excluding hydrogens is 272 g/mol. The fourth-order valence-electron chi connectivity index (χ4n) is 2.62. The molecule has 1 aromatic heterocycles. The predicted molar refractivity (Wildman–Crippen MR) is 78.4 cm³/mol. The number of aromatic nitrogens is 1. The van der Waals surface area contributed by atoms with Crippen molar-refractivity contribution in [3.05, 3.63) is 24.0 Å². The minimum Gasteiger partial charge on any atom is -0.478 e. The minimum atomic E-state index is -1.07. The van der Waals surface area contributed by atoms with E-state index in [2.05, 4.69) is 22.1 Å². The summed E-state index contributed by atoms with van der Waals surface area (Å²) < 4.78 is 0. The lowest BCUT2D eigenvalue weighted by Crippen LogP contribution is -2.37. The molecule has 2 unspecified atom stereocenters. The average molecular weight is 292 g/mol. The number of rotatable bonds is 3. The number of likely N-dealkylation sites (tertiary alicyclic amines) is 1. The van der Waals surface area contributed by atoms with Crippen molar-refractivity contribution in [2.45, 2.75) is 13.0 Å². The molecule has 1 fully saturated rings. The van der Waals surface area contributed by atoms with E-state index in [1.165, 1.54) is 18.5 Å². The fourth-order valence-corrected chi connectivity index (χ4v) is 2.62. The van der Waals surface area contributed by atoms with Gasteiger partial charge in [-0.15, -0.1) is 0 Å². The number of hydrogen-bond acceptors (Lipinski definition) is 4. The van der Waals surface area contributed by atoms with Gasteiger partial charge in [-0.25, -0.2) is 9.59 Å². The van der Waals surface area contributed by atoms with Gasteiger partial charge < -0.3 is 20.2 Å². The third kappa shape index (κ3) is 3.49. The van der Waals surface area contributed by atoms with Crippen LogP contribution in [0.3, 0.4) is 0 Å². The second-order valence-corrected chi connectivity index (χ2v) is 5.61. The van der Waals surface area contributed by atoms with Gasteiger partial charge in [0.1, 0.15) is 0 Å². The van der Waals surface area contributed by atoms with Crippen molar-refractivity contribution >= 4 is 17.7 Å². The van der Waals surface area contributed by atoms with Crippen molar-refractivity contribution in [2.75, 3.05) is 32.5 Å². The molecule has 2 heterocycles. The average Bonchev–Trinajstić information content (AvgIpc) is 2.81. The van der Waals surface area contributed by atoms with Crippen molar-refractivity contribution < 1.29 is 14.7 Å². The van der Waals surface area contributed by atoms with E-state index < -0.39 is 5.97 Å². The van der Waals surface area contributed by atoms with Gasteiger partial charge in [0.25, 0.3) is 0 Å². The largest absolute Gasteiger partial charge is 0.478 e. The van der Waals surface area contributed by atoms with E-state index >= 15 is 0 Å². The molecular formula is C14H20N4O3. The third-order valence-electron chi connectivity index (χ3n) is 3.76. The number of carbonyl (C=O) groups excluding carboxylic acids is 1. The number of carbonyl (C=O) groups is 2. The van der Waals surface area contributed by atoms with Crippen LogP contribution in [0.4, 0.5) is 10.5 Å². The standard InChI is InChI=1S/C14H20N4O3/c1-9-7-18(8-12(9)17(2)3)14(21)16-11-4-10(13(19)20)5-15-6-11/h4-6,9,12H,7-8H2,1-3H3,(H,16,21)(H,19,20). The van der Waals surface area contributed by atoms with Gasteiger partial charge in [0.05, 0.1) is 17.4 Å². The maximum absolute atomic E-state index is 12.2. The number of carboxylic acids is 1. The highest BCUT2D eigenvalue weighted by atomic mass is 16.4. The number of urea groups is 1. The fraction of sp³-hybridized carbons (Fsp3) is 0.500. The number of nitrogens with zero attached hydrogens (tertiary/aromatic N) is 3.